The van der Waals surface area contributed by atoms with Crippen LogP contribution in [0.25, 0.3) is 0 Å². The fraction of sp³-hybridized carbons (Fsp3) is 0.286. The summed E-state index contributed by atoms with van der Waals surface area (Å²) in [5.74, 6) is 0. The molecule has 6 heteroatoms. The molecule has 2 amide bonds. The van der Waals surface area contributed by atoms with Crippen LogP contribution in [0.5, 0.6) is 0 Å². The highest BCUT2D eigenvalue weighted by atomic mass is 79.9. The van der Waals surface area contributed by atoms with Crippen molar-refractivity contribution < 1.29 is 4.79 Å². The Labute approximate surface area is 125 Å². The topological polar surface area (TPSA) is 59.0 Å². The highest BCUT2D eigenvalue weighted by molar-refractivity contribution is 9.10. The molecule has 2 aromatic rings. The maximum absolute atomic E-state index is 12.0. The first kappa shape index (κ1) is 13.2. The van der Waals surface area contributed by atoms with E-state index in [1.54, 1.807) is 24.1 Å². The van der Waals surface area contributed by atoms with Crippen molar-refractivity contribution in [2.75, 3.05) is 10.6 Å². The molecule has 1 aliphatic carbocycles. The number of amides is 2. The van der Waals surface area contributed by atoms with Gasteiger partial charge < -0.3 is 10.6 Å². The van der Waals surface area contributed by atoms with Crippen LogP contribution in [0.15, 0.2) is 29.0 Å². The van der Waals surface area contributed by atoms with Gasteiger partial charge in [0.2, 0.25) is 0 Å². The number of hydrogen-bond acceptors (Lipinski definition) is 2. The highest BCUT2D eigenvalue weighted by Crippen LogP contribution is 2.31. The van der Waals surface area contributed by atoms with E-state index in [2.05, 4.69) is 43.8 Å². The summed E-state index contributed by atoms with van der Waals surface area (Å²) in [7, 11) is 1.81. The minimum absolute atomic E-state index is 0.267. The summed E-state index contributed by atoms with van der Waals surface area (Å²) in [4.78, 5) is 12.0. The number of nitrogens with one attached hydrogen (secondary N) is 2. The standard InChI is InChI=1S/C14H15BrN4O/c1-19-8-11(7-16-19)17-14(20)18-13-6-10-4-2-3-9(10)5-12(13)15/h5-8H,2-4H2,1H3,(H2,17,18,20). The third kappa shape index (κ3) is 2.70. The molecule has 3 rings (SSSR count). The molecule has 5 nitrogen and oxygen atoms in total. The van der Waals surface area contributed by atoms with E-state index in [0.717, 1.165) is 23.0 Å². The van der Waals surface area contributed by atoms with Crippen molar-refractivity contribution in [2.45, 2.75) is 19.3 Å². The number of hydrogen-bond donors (Lipinski definition) is 2. The maximum Gasteiger partial charge on any atom is 0.323 e. The van der Waals surface area contributed by atoms with Crippen LogP contribution in [0.1, 0.15) is 17.5 Å². The third-order valence-electron chi connectivity index (χ3n) is 3.39. The Morgan fingerprint density at radius 3 is 2.75 bits per heavy atom. The number of aryl methyl sites for hydroxylation is 3. The minimum atomic E-state index is -0.267. The molecule has 0 bridgehead atoms. The second-order valence-electron chi connectivity index (χ2n) is 4.94. The van der Waals surface area contributed by atoms with E-state index in [1.165, 1.54) is 17.5 Å². The molecule has 0 atom stereocenters. The van der Waals surface area contributed by atoms with Crippen molar-refractivity contribution in [3.05, 3.63) is 40.1 Å². The Morgan fingerprint density at radius 2 is 2.05 bits per heavy atom. The molecule has 0 fully saturated rings. The van der Waals surface area contributed by atoms with Crippen LogP contribution in [0.3, 0.4) is 0 Å². The Balaban J connectivity index is 1.73. The van der Waals surface area contributed by atoms with E-state index in [4.69, 9.17) is 0 Å². The van der Waals surface area contributed by atoms with E-state index in [1.807, 2.05) is 0 Å². The summed E-state index contributed by atoms with van der Waals surface area (Å²) in [5.41, 5.74) is 4.16. The zero-order valence-electron chi connectivity index (χ0n) is 11.1. The molecule has 0 saturated carbocycles. The molecule has 104 valence electrons. The minimum Gasteiger partial charge on any atom is -0.307 e. The van der Waals surface area contributed by atoms with Crippen LogP contribution in [0.4, 0.5) is 16.2 Å². The van der Waals surface area contributed by atoms with E-state index < -0.39 is 0 Å². The number of carbonyl (C=O) groups is 1. The van der Waals surface area contributed by atoms with Gasteiger partial charge >= 0.3 is 6.03 Å². The van der Waals surface area contributed by atoms with Gasteiger partial charge in [-0.3, -0.25) is 4.68 Å². The first-order valence-electron chi connectivity index (χ1n) is 6.50. The molecular formula is C14H15BrN4O. The summed E-state index contributed by atoms with van der Waals surface area (Å²) in [6, 6.07) is 3.88. The number of nitrogens with zero attached hydrogens (tertiary/aromatic N) is 2. The predicted molar refractivity (Wildman–Crippen MR) is 82.0 cm³/mol. The Kier molecular flexibility index (Phi) is 3.48. The van der Waals surface area contributed by atoms with E-state index >= 15 is 0 Å². The van der Waals surface area contributed by atoms with Gasteiger partial charge in [0.25, 0.3) is 0 Å². The predicted octanol–water partition coefficient (Wildman–Crippen LogP) is 3.32. The first-order chi connectivity index (χ1) is 9.61. The van der Waals surface area contributed by atoms with Crippen LogP contribution in [0, 0.1) is 0 Å². The van der Waals surface area contributed by atoms with Gasteiger partial charge in [0, 0.05) is 17.7 Å². The summed E-state index contributed by atoms with van der Waals surface area (Å²) in [5, 5.41) is 9.62. The number of carbonyl (C=O) groups excluding carboxylic acids is 1. The number of halogens is 1. The zero-order chi connectivity index (χ0) is 14.1. The molecule has 1 aromatic carbocycles. The lowest BCUT2D eigenvalue weighted by Gasteiger charge is -2.10. The molecule has 0 radical (unpaired) electrons. The van der Waals surface area contributed by atoms with Crippen molar-refractivity contribution in [3.8, 4) is 0 Å². The van der Waals surface area contributed by atoms with Crippen molar-refractivity contribution >= 4 is 33.3 Å². The van der Waals surface area contributed by atoms with E-state index in [9.17, 15) is 4.79 Å². The highest BCUT2D eigenvalue weighted by Gasteiger charge is 2.15. The van der Waals surface area contributed by atoms with Crippen molar-refractivity contribution in [2.24, 2.45) is 7.05 Å². The molecule has 0 unspecified atom stereocenters. The normalized spacial score (nSPS) is 13.1. The van der Waals surface area contributed by atoms with Crippen LogP contribution < -0.4 is 10.6 Å². The second-order valence-corrected chi connectivity index (χ2v) is 5.79. The monoisotopic (exact) mass is 334 g/mol. The summed E-state index contributed by atoms with van der Waals surface area (Å²) in [6.45, 7) is 0. The summed E-state index contributed by atoms with van der Waals surface area (Å²) in [6.07, 6.45) is 6.75. The van der Waals surface area contributed by atoms with Crippen LogP contribution >= 0.6 is 15.9 Å². The fourth-order valence-electron chi connectivity index (χ4n) is 2.46. The smallest absolute Gasteiger partial charge is 0.307 e. The third-order valence-corrected chi connectivity index (χ3v) is 4.05. The average molecular weight is 335 g/mol. The van der Waals surface area contributed by atoms with Crippen LogP contribution in [-0.2, 0) is 19.9 Å². The van der Waals surface area contributed by atoms with Crippen molar-refractivity contribution in [3.63, 3.8) is 0 Å². The zero-order valence-corrected chi connectivity index (χ0v) is 12.7. The van der Waals surface area contributed by atoms with Crippen LogP contribution in [0.2, 0.25) is 0 Å². The number of benzene rings is 1. The fourth-order valence-corrected chi connectivity index (χ4v) is 2.95. The van der Waals surface area contributed by atoms with Gasteiger partial charge in [0.1, 0.15) is 0 Å². The number of fused-ring (bicyclic) bond motifs is 1. The molecule has 2 N–H and O–H groups in total. The van der Waals surface area contributed by atoms with Gasteiger partial charge in [-0.05, 0) is 58.5 Å². The molecule has 20 heavy (non-hydrogen) atoms. The molecule has 0 saturated heterocycles. The summed E-state index contributed by atoms with van der Waals surface area (Å²) >= 11 is 3.51. The quantitative estimate of drug-likeness (QED) is 0.885. The van der Waals surface area contributed by atoms with Gasteiger partial charge in [0.15, 0.2) is 0 Å². The van der Waals surface area contributed by atoms with Gasteiger partial charge in [0.05, 0.1) is 17.6 Å². The molecule has 0 aliphatic heterocycles. The molecule has 1 aliphatic rings. The largest absolute Gasteiger partial charge is 0.323 e. The molecular weight excluding hydrogens is 320 g/mol. The Bertz CT molecular complexity index is 665. The number of urea groups is 1. The lowest BCUT2D eigenvalue weighted by Crippen LogP contribution is -2.19. The molecule has 1 aromatic heterocycles. The number of aromatic nitrogens is 2. The lowest BCUT2D eigenvalue weighted by molar-refractivity contribution is 0.262. The van der Waals surface area contributed by atoms with E-state index in [0.29, 0.717) is 5.69 Å². The lowest BCUT2D eigenvalue weighted by atomic mass is 10.1. The van der Waals surface area contributed by atoms with Gasteiger partial charge in [-0.1, -0.05) is 0 Å². The number of rotatable bonds is 2. The van der Waals surface area contributed by atoms with Gasteiger partial charge in [-0.25, -0.2) is 4.79 Å². The number of anilines is 2. The van der Waals surface area contributed by atoms with Gasteiger partial charge in [-0.15, -0.1) is 0 Å². The van der Waals surface area contributed by atoms with Crippen molar-refractivity contribution in [1.29, 1.82) is 0 Å². The van der Waals surface area contributed by atoms with Crippen molar-refractivity contribution in [1.82, 2.24) is 9.78 Å². The Morgan fingerprint density at radius 1 is 1.30 bits per heavy atom. The SMILES string of the molecule is Cn1cc(NC(=O)Nc2cc3c(cc2Br)CCC3)cn1. The van der Waals surface area contributed by atoms with Gasteiger partial charge in [-0.2, -0.15) is 5.10 Å². The first-order valence-corrected chi connectivity index (χ1v) is 7.29. The average Bonchev–Trinajstić information content (AvgIpc) is 2.98. The molecule has 1 heterocycles. The summed E-state index contributed by atoms with van der Waals surface area (Å²) < 4.78 is 2.56. The second kappa shape index (κ2) is 5.28. The van der Waals surface area contributed by atoms with E-state index in [-0.39, 0.29) is 6.03 Å². The Hall–Kier alpha value is -1.82. The molecule has 0 spiro atoms. The van der Waals surface area contributed by atoms with Crippen LogP contribution in [-0.4, -0.2) is 15.8 Å². The maximum atomic E-state index is 12.0.